The smallest absolute Gasteiger partial charge is 0.129 e. The number of hydrogen-bond donors (Lipinski definition) is 1. The minimum absolute atomic E-state index is 0. The zero-order valence-corrected chi connectivity index (χ0v) is 11.1. The molecule has 0 atom stereocenters. The first-order valence-electron chi connectivity index (χ1n) is 5.57. The Labute approximate surface area is 112 Å². The quantitative estimate of drug-likeness (QED) is 0.902. The monoisotopic (exact) mass is 278 g/mol. The molecule has 5 heteroatoms. The predicted molar refractivity (Wildman–Crippen MR) is 71.1 cm³/mol. The second-order valence-electron chi connectivity index (χ2n) is 4.35. The molecule has 0 spiro atoms. The van der Waals surface area contributed by atoms with Gasteiger partial charge in [-0.25, -0.2) is 4.39 Å². The predicted octanol–water partition coefficient (Wildman–Crippen LogP) is 2.82. The first-order chi connectivity index (χ1) is 7.65. The van der Waals surface area contributed by atoms with Gasteiger partial charge in [0.15, 0.2) is 0 Å². The molecule has 2 nitrogen and oxygen atoms in total. The van der Waals surface area contributed by atoms with Crippen molar-refractivity contribution in [1.82, 2.24) is 4.90 Å². The third-order valence-electron chi connectivity index (χ3n) is 3.04. The molecule has 1 aliphatic heterocycles. The first-order valence-corrected chi connectivity index (χ1v) is 5.95. The zero-order chi connectivity index (χ0) is 11.5. The largest absolute Gasteiger partial charge is 0.328 e. The fourth-order valence-electron chi connectivity index (χ4n) is 2.00. The highest BCUT2D eigenvalue weighted by molar-refractivity contribution is 6.30. The summed E-state index contributed by atoms with van der Waals surface area (Å²) < 4.78 is 13.5. The number of nitrogens with zero attached hydrogens (tertiary/aromatic N) is 1. The molecule has 1 fully saturated rings. The number of hydrogen-bond acceptors (Lipinski definition) is 2. The summed E-state index contributed by atoms with van der Waals surface area (Å²) in [5.74, 6) is -0.220. The fraction of sp³-hybridized carbons (Fsp3) is 0.500. The normalized spacial score (nSPS) is 17.8. The van der Waals surface area contributed by atoms with Gasteiger partial charge >= 0.3 is 0 Å². The molecule has 17 heavy (non-hydrogen) atoms. The van der Waals surface area contributed by atoms with E-state index in [1.54, 1.807) is 12.1 Å². The van der Waals surface area contributed by atoms with E-state index < -0.39 is 0 Å². The number of piperidine rings is 1. The molecule has 0 amide bonds. The van der Waals surface area contributed by atoms with Crippen LogP contribution in [-0.2, 0) is 6.54 Å². The molecule has 0 aliphatic carbocycles. The summed E-state index contributed by atoms with van der Waals surface area (Å²) in [4.78, 5) is 2.23. The summed E-state index contributed by atoms with van der Waals surface area (Å²) in [6.07, 6.45) is 1.99. The van der Waals surface area contributed by atoms with Gasteiger partial charge in [-0.05, 0) is 38.1 Å². The van der Waals surface area contributed by atoms with E-state index in [2.05, 4.69) is 4.90 Å². The highest BCUT2D eigenvalue weighted by Gasteiger charge is 2.17. The van der Waals surface area contributed by atoms with Crippen LogP contribution in [-0.4, -0.2) is 24.0 Å². The van der Waals surface area contributed by atoms with Gasteiger partial charge in [0.2, 0.25) is 0 Å². The molecule has 0 saturated carbocycles. The Kier molecular flexibility index (Phi) is 5.67. The topological polar surface area (TPSA) is 29.3 Å². The highest BCUT2D eigenvalue weighted by Crippen LogP contribution is 2.18. The van der Waals surface area contributed by atoms with E-state index in [-0.39, 0.29) is 18.2 Å². The average Bonchev–Trinajstić information content (AvgIpc) is 2.25. The molecule has 1 aromatic carbocycles. The van der Waals surface area contributed by atoms with Gasteiger partial charge in [0.25, 0.3) is 0 Å². The van der Waals surface area contributed by atoms with E-state index in [0.29, 0.717) is 23.2 Å². The molecule has 1 aliphatic rings. The van der Waals surface area contributed by atoms with E-state index in [1.165, 1.54) is 6.07 Å². The number of halogens is 3. The Morgan fingerprint density at radius 2 is 2.00 bits per heavy atom. The molecule has 1 saturated heterocycles. The summed E-state index contributed by atoms with van der Waals surface area (Å²) in [7, 11) is 0. The molecular formula is C12H17Cl2FN2. The van der Waals surface area contributed by atoms with E-state index in [9.17, 15) is 4.39 Å². The second kappa shape index (κ2) is 6.55. The van der Waals surface area contributed by atoms with Crippen LogP contribution < -0.4 is 5.73 Å². The lowest BCUT2D eigenvalue weighted by molar-refractivity contribution is 0.203. The summed E-state index contributed by atoms with van der Waals surface area (Å²) in [6.45, 7) is 2.54. The minimum atomic E-state index is -0.220. The number of likely N-dealkylation sites (tertiary alicyclic amines) is 1. The molecule has 96 valence electrons. The van der Waals surface area contributed by atoms with Crippen molar-refractivity contribution in [2.45, 2.75) is 25.4 Å². The van der Waals surface area contributed by atoms with Crippen LogP contribution >= 0.6 is 24.0 Å². The van der Waals surface area contributed by atoms with E-state index in [0.717, 1.165) is 25.9 Å². The Bertz CT molecular complexity index is 366. The molecule has 0 unspecified atom stereocenters. The first kappa shape index (κ1) is 14.7. The van der Waals surface area contributed by atoms with Gasteiger partial charge < -0.3 is 5.73 Å². The van der Waals surface area contributed by atoms with Gasteiger partial charge in [-0.2, -0.15) is 0 Å². The van der Waals surface area contributed by atoms with Crippen LogP contribution in [0.2, 0.25) is 5.02 Å². The van der Waals surface area contributed by atoms with E-state index >= 15 is 0 Å². The highest BCUT2D eigenvalue weighted by atomic mass is 35.5. The van der Waals surface area contributed by atoms with Crippen LogP contribution in [0.4, 0.5) is 4.39 Å². The van der Waals surface area contributed by atoms with Crippen molar-refractivity contribution in [1.29, 1.82) is 0 Å². The molecule has 1 heterocycles. The summed E-state index contributed by atoms with van der Waals surface area (Å²) in [5.41, 5.74) is 6.53. The maximum Gasteiger partial charge on any atom is 0.129 e. The SMILES string of the molecule is Cl.NC1CCN(Cc2ccc(Cl)cc2F)CC1. The number of rotatable bonds is 2. The summed E-state index contributed by atoms with van der Waals surface area (Å²) >= 11 is 5.71. The molecular weight excluding hydrogens is 262 g/mol. The van der Waals surface area contributed by atoms with Crippen molar-refractivity contribution in [3.63, 3.8) is 0 Å². The lowest BCUT2D eigenvalue weighted by Crippen LogP contribution is -2.39. The van der Waals surface area contributed by atoms with Crippen molar-refractivity contribution in [3.05, 3.63) is 34.6 Å². The second-order valence-corrected chi connectivity index (χ2v) is 4.79. The maximum atomic E-state index is 13.5. The van der Waals surface area contributed by atoms with Crippen molar-refractivity contribution >= 4 is 24.0 Å². The maximum absolute atomic E-state index is 13.5. The molecule has 1 aromatic rings. The molecule has 0 aromatic heterocycles. The summed E-state index contributed by atoms with van der Waals surface area (Å²) in [5, 5.41) is 0.446. The summed E-state index contributed by atoms with van der Waals surface area (Å²) in [6, 6.07) is 5.17. The fourth-order valence-corrected chi connectivity index (χ4v) is 2.16. The molecule has 0 bridgehead atoms. The Hall–Kier alpha value is -0.350. The van der Waals surface area contributed by atoms with Gasteiger partial charge in [0.1, 0.15) is 5.82 Å². The van der Waals surface area contributed by atoms with Gasteiger partial charge in [-0.1, -0.05) is 17.7 Å². The van der Waals surface area contributed by atoms with Gasteiger partial charge in [-0.3, -0.25) is 4.90 Å². The van der Waals surface area contributed by atoms with Crippen molar-refractivity contribution in [2.24, 2.45) is 5.73 Å². The van der Waals surface area contributed by atoms with Crippen molar-refractivity contribution < 1.29 is 4.39 Å². The van der Waals surface area contributed by atoms with Crippen molar-refractivity contribution in [3.8, 4) is 0 Å². The van der Waals surface area contributed by atoms with Gasteiger partial charge in [0.05, 0.1) is 0 Å². The lowest BCUT2D eigenvalue weighted by atomic mass is 10.1. The molecule has 0 radical (unpaired) electrons. The number of nitrogens with two attached hydrogens (primary N) is 1. The number of benzene rings is 1. The van der Waals surface area contributed by atoms with Crippen LogP contribution in [0.15, 0.2) is 18.2 Å². The lowest BCUT2D eigenvalue weighted by Gasteiger charge is -2.30. The third kappa shape index (κ3) is 4.11. The van der Waals surface area contributed by atoms with Gasteiger partial charge in [-0.15, -0.1) is 12.4 Å². The van der Waals surface area contributed by atoms with E-state index in [4.69, 9.17) is 17.3 Å². The Morgan fingerprint density at radius 1 is 1.35 bits per heavy atom. The standard InChI is InChI=1S/C12H16ClFN2.ClH/c13-10-2-1-9(12(14)7-10)8-16-5-3-11(15)4-6-16;/h1-2,7,11H,3-6,8,15H2;1H. The van der Waals surface area contributed by atoms with Crippen LogP contribution in [0.25, 0.3) is 0 Å². The Balaban J connectivity index is 0.00000144. The average molecular weight is 279 g/mol. The van der Waals surface area contributed by atoms with Crippen LogP contribution in [0.5, 0.6) is 0 Å². The van der Waals surface area contributed by atoms with E-state index in [1.807, 2.05) is 0 Å². The van der Waals surface area contributed by atoms with Gasteiger partial charge in [0, 0.05) is 23.2 Å². The third-order valence-corrected chi connectivity index (χ3v) is 3.28. The Morgan fingerprint density at radius 3 is 2.59 bits per heavy atom. The zero-order valence-electron chi connectivity index (χ0n) is 9.53. The van der Waals surface area contributed by atoms with Crippen molar-refractivity contribution in [2.75, 3.05) is 13.1 Å². The minimum Gasteiger partial charge on any atom is -0.328 e. The van der Waals surface area contributed by atoms with Crippen LogP contribution in [0.3, 0.4) is 0 Å². The molecule has 2 N–H and O–H groups in total. The molecule has 2 rings (SSSR count). The van der Waals surface area contributed by atoms with Crippen LogP contribution in [0, 0.1) is 5.82 Å². The van der Waals surface area contributed by atoms with Crippen LogP contribution in [0.1, 0.15) is 18.4 Å².